The monoisotopic (exact) mass is 367 g/mol. The molecule has 0 fully saturated rings. The summed E-state index contributed by atoms with van der Waals surface area (Å²) in [7, 11) is 0. The highest BCUT2D eigenvalue weighted by Crippen LogP contribution is 2.34. The Labute approximate surface area is 143 Å². The van der Waals surface area contributed by atoms with Gasteiger partial charge in [-0.2, -0.15) is 0 Å². The molecule has 1 aromatic rings. The smallest absolute Gasteiger partial charge is 0.326 e. The van der Waals surface area contributed by atoms with Crippen molar-refractivity contribution in [2.75, 3.05) is 0 Å². The maximum absolute atomic E-state index is 12.0. The van der Waals surface area contributed by atoms with Crippen molar-refractivity contribution in [3.63, 3.8) is 0 Å². The highest BCUT2D eigenvalue weighted by atomic mass is 35.5. The molecule has 22 heavy (non-hydrogen) atoms. The molecular formula is C14H16Cl3NO4. The van der Waals surface area contributed by atoms with Crippen molar-refractivity contribution in [1.29, 1.82) is 0 Å². The number of ether oxygens (including phenoxy) is 1. The number of carbonyl (C=O) groups is 2. The third-order valence-electron chi connectivity index (χ3n) is 2.88. The van der Waals surface area contributed by atoms with E-state index in [0.717, 1.165) is 0 Å². The Bertz CT molecular complexity index is 577. The summed E-state index contributed by atoms with van der Waals surface area (Å²) < 4.78 is 5.42. The third-order valence-corrected chi connectivity index (χ3v) is 3.90. The molecule has 0 unspecified atom stereocenters. The van der Waals surface area contributed by atoms with Gasteiger partial charge in [0.15, 0.2) is 6.10 Å². The second-order valence-electron chi connectivity index (χ2n) is 5.03. The van der Waals surface area contributed by atoms with Gasteiger partial charge in [0.2, 0.25) is 0 Å². The lowest BCUT2D eigenvalue weighted by atomic mass is 10.0. The fourth-order valence-electron chi connectivity index (χ4n) is 1.62. The summed E-state index contributed by atoms with van der Waals surface area (Å²) >= 11 is 17.6. The van der Waals surface area contributed by atoms with Crippen molar-refractivity contribution in [1.82, 2.24) is 5.32 Å². The summed E-state index contributed by atoms with van der Waals surface area (Å²) in [6, 6.07) is 1.80. The van der Waals surface area contributed by atoms with Crippen LogP contribution in [0.4, 0.5) is 0 Å². The van der Waals surface area contributed by atoms with Crippen LogP contribution in [-0.4, -0.2) is 29.1 Å². The number of hydrogen-bond donors (Lipinski definition) is 2. The van der Waals surface area contributed by atoms with E-state index >= 15 is 0 Å². The number of nitrogens with one attached hydrogen (secondary N) is 1. The molecular weight excluding hydrogens is 353 g/mol. The molecule has 0 aliphatic carbocycles. The molecule has 1 amide bonds. The maximum Gasteiger partial charge on any atom is 0.326 e. The number of halogens is 3. The molecule has 0 aliphatic rings. The van der Waals surface area contributed by atoms with E-state index in [1.54, 1.807) is 13.8 Å². The molecule has 0 bridgehead atoms. The maximum atomic E-state index is 12.0. The number of amides is 1. The van der Waals surface area contributed by atoms with Gasteiger partial charge in [-0.1, -0.05) is 48.7 Å². The zero-order valence-corrected chi connectivity index (χ0v) is 14.5. The zero-order valence-electron chi connectivity index (χ0n) is 12.2. The van der Waals surface area contributed by atoms with E-state index in [0.29, 0.717) is 0 Å². The van der Waals surface area contributed by atoms with Gasteiger partial charge in [0.25, 0.3) is 5.91 Å². The Morgan fingerprint density at radius 2 is 1.64 bits per heavy atom. The number of carboxylic acids is 1. The SMILES string of the molecule is CC(C)[C@H](NC(=O)[C@@H](C)Oc1cc(Cl)c(Cl)cc1Cl)C(=O)O. The molecule has 2 N–H and O–H groups in total. The van der Waals surface area contributed by atoms with E-state index < -0.39 is 24.0 Å². The first kappa shape index (κ1) is 18.9. The van der Waals surface area contributed by atoms with E-state index in [9.17, 15) is 9.59 Å². The fourth-order valence-corrected chi connectivity index (χ4v) is 2.20. The van der Waals surface area contributed by atoms with E-state index in [1.165, 1.54) is 19.1 Å². The van der Waals surface area contributed by atoms with Crippen LogP contribution in [-0.2, 0) is 9.59 Å². The first-order valence-electron chi connectivity index (χ1n) is 6.47. The van der Waals surface area contributed by atoms with Crippen molar-refractivity contribution in [3.8, 4) is 5.75 Å². The minimum absolute atomic E-state index is 0.190. The Balaban J connectivity index is 2.80. The van der Waals surface area contributed by atoms with E-state index in [1.807, 2.05) is 0 Å². The molecule has 2 atom stereocenters. The highest BCUT2D eigenvalue weighted by molar-refractivity contribution is 6.43. The predicted molar refractivity (Wildman–Crippen MR) is 86.0 cm³/mol. The van der Waals surface area contributed by atoms with Gasteiger partial charge < -0.3 is 15.2 Å². The summed E-state index contributed by atoms with van der Waals surface area (Å²) in [5.41, 5.74) is 0. The van der Waals surface area contributed by atoms with E-state index in [4.69, 9.17) is 44.6 Å². The highest BCUT2D eigenvalue weighted by Gasteiger charge is 2.26. The summed E-state index contributed by atoms with van der Waals surface area (Å²) in [6.07, 6.45) is -0.949. The van der Waals surface area contributed by atoms with Crippen molar-refractivity contribution >= 4 is 46.7 Å². The molecule has 0 heterocycles. The van der Waals surface area contributed by atoms with Gasteiger partial charge in [-0.05, 0) is 18.9 Å². The third kappa shape index (κ3) is 4.93. The molecule has 1 aromatic carbocycles. The average molecular weight is 369 g/mol. The number of carboxylic acid groups (broad SMARTS) is 1. The van der Waals surface area contributed by atoms with Crippen molar-refractivity contribution < 1.29 is 19.4 Å². The number of aliphatic carboxylic acids is 1. The van der Waals surface area contributed by atoms with Crippen molar-refractivity contribution in [3.05, 3.63) is 27.2 Å². The van der Waals surface area contributed by atoms with Gasteiger partial charge in [-0.3, -0.25) is 4.79 Å². The second-order valence-corrected chi connectivity index (χ2v) is 6.25. The Hall–Kier alpha value is -1.17. The van der Waals surface area contributed by atoms with Crippen LogP contribution in [0.1, 0.15) is 20.8 Å². The zero-order chi connectivity index (χ0) is 17.0. The molecule has 1 rings (SSSR count). The molecule has 0 aliphatic heterocycles. The Morgan fingerprint density at radius 1 is 1.09 bits per heavy atom. The van der Waals surface area contributed by atoms with Crippen LogP contribution < -0.4 is 10.1 Å². The summed E-state index contributed by atoms with van der Waals surface area (Å²) in [6.45, 7) is 4.87. The first-order valence-corrected chi connectivity index (χ1v) is 7.61. The topological polar surface area (TPSA) is 75.6 Å². The van der Waals surface area contributed by atoms with Crippen LogP contribution in [0.3, 0.4) is 0 Å². The molecule has 0 spiro atoms. The van der Waals surface area contributed by atoms with Crippen molar-refractivity contribution in [2.24, 2.45) is 5.92 Å². The van der Waals surface area contributed by atoms with E-state index in [-0.39, 0.29) is 26.7 Å². The number of benzene rings is 1. The lowest BCUT2D eigenvalue weighted by molar-refractivity contribution is -0.144. The molecule has 0 radical (unpaired) electrons. The number of carbonyl (C=O) groups excluding carboxylic acids is 1. The minimum atomic E-state index is -1.11. The molecule has 0 aromatic heterocycles. The predicted octanol–water partition coefficient (Wildman–Crippen LogP) is 3.64. The normalized spacial score (nSPS) is 13.6. The molecule has 8 heteroatoms. The summed E-state index contributed by atoms with van der Waals surface area (Å²) in [5.74, 6) is -1.75. The van der Waals surface area contributed by atoms with Gasteiger partial charge in [0.05, 0.1) is 15.1 Å². The molecule has 5 nitrogen and oxygen atoms in total. The van der Waals surface area contributed by atoms with E-state index in [2.05, 4.69) is 5.32 Å². The van der Waals surface area contributed by atoms with Gasteiger partial charge in [0.1, 0.15) is 11.8 Å². The molecule has 0 saturated carbocycles. The molecule has 0 saturated heterocycles. The minimum Gasteiger partial charge on any atom is -0.480 e. The standard InChI is InChI=1S/C14H16Cl3NO4/c1-6(2)12(14(20)21)18-13(19)7(3)22-11-5-9(16)8(15)4-10(11)17/h4-7,12H,1-3H3,(H,18,19)(H,20,21)/t7-,12+/m1/s1. The van der Waals surface area contributed by atoms with Gasteiger partial charge in [-0.25, -0.2) is 4.79 Å². The average Bonchev–Trinajstić information content (AvgIpc) is 2.40. The van der Waals surface area contributed by atoms with Crippen LogP contribution in [0, 0.1) is 5.92 Å². The summed E-state index contributed by atoms with van der Waals surface area (Å²) in [5, 5.41) is 12.2. The van der Waals surface area contributed by atoms with Gasteiger partial charge in [-0.15, -0.1) is 0 Å². The Kier molecular flexibility index (Phi) is 6.78. The fraction of sp³-hybridized carbons (Fsp3) is 0.429. The van der Waals surface area contributed by atoms with Crippen LogP contribution in [0.5, 0.6) is 5.75 Å². The number of hydrogen-bond acceptors (Lipinski definition) is 3. The quantitative estimate of drug-likeness (QED) is 0.752. The summed E-state index contributed by atoms with van der Waals surface area (Å²) in [4.78, 5) is 23.1. The second kappa shape index (κ2) is 7.90. The van der Waals surface area contributed by atoms with Crippen LogP contribution in [0.15, 0.2) is 12.1 Å². The largest absolute Gasteiger partial charge is 0.480 e. The van der Waals surface area contributed by atoms with Gasteiger partial charge >= 0.3 is 5.97 Å². The lowest BCUT2D eigenvalue weighted by Gasteiger charge is -2.21. The Morgan fingerprint density at radius 3 is 2.14 bits per heavy atom. The van der Waals surface area contributed by atoms with Crippen LogP contribution in [0.2, 0.25) is 15.1 Å². The lowest BCUT2D eigenvalue weighted by Crippen LogP contribution is -2.48. The molecule has 122 valence electrons. The number of rotatable bonds is 6. The first-order chi connectivity index (χ1) is 10.1. The van der Waals surface area contributed by atoms with Crippen LogP contribution >= 0.6 is 34.8 Å². The van der Waals surface area contributed by atoms with Crippen molar-refractivity contribution in [2.45, 2.75) is 32.9 Å². The van der Waals surface area contributed by atoms with Gasteiger partial charge in [0, 0.05) is 6.07 Å². The van der Waals surface area contributed by atoms with Crippen LogP contribution in [0.25, 0.3) is 0 Å².